The molecule has 1 aromatic carbocycles. The van der Waals surface area contributed by atoms with Crippen LogP contribution in [0, 0.1) is 0 Å². The predicted octanol–water partition coefficient (Wildman–Crippen LogP) is 4.34. The maximum absolute atomic E-state index is 12.4. The molecule has 1 heterocycles. The van der Waals surface area contributed by atoms with Crippen molar-refractivity contribution in [2.45, 2.75) is 44.6 Å². The van der Waals surface area contributed by atoms with Gasteiger partial charge in [0.1, 0.15) is 0 Å². The van der Waals surface area contributed by atoms with E-state index in [1.54, 1.807) is 17.5 Å². The summed E-state index contributed by atoms with van der Waals surface area (Å²) in [4.78, 5) is 16.6. The molecular formula is C17H21N3OS. The van der Waals surface area contributed by atoms with Crippen molar-refractivity contribution in [3.8, 4) is 0 Å². The van der Waals surface area contributed by atoms with Crippen LogP contribution in [0.4, 0.5) is 10.8 Å². The molecule has 0 unspecified atom stereocenters. The molecule has 2 aromatic rings. The number of anilines is 2. The first-order chi connectivity index (χ1) is 10.8. The van der Waals surface area contributed by atoms with Gasteiger partial charge in [-0.3, -0.25) is 4.79 Å². The highest BCUT2D eigenvalue weighted by molar-refractivity contribution is 7.13. The van der Waals surface area contributed by atoms with E-state index in [1.807, 2.05) is 29.6 Å². The maximum Gasteiger partial charge on any atom is 0.251 e. The van der Waals surface area contributed by atoms with Crippen LogP contribution in [0.2, 0.25) is 0 Å². The molecule has 1 fully saturated rings. The summed E-state index contributed by atoms with van der Waals surface area (Å²) in [5.74, 6) is 0.0229. The summed E-state index contributed by atoms with van der Waals surface area (Å²) in [6.07, 6.45) is 8.98. The normalized spacial score (nSPS) is 16.0. The third-order valence-electron chi connectivity index (χ3n) is 4.00. The average molecular weight is 315 g/mol. The van der Waals surface area contributed by atoms with Crippen molar-refractivity contribution < 1.29 is 4.79 Å². The zero-order valence-electron chi connectivity index (χ0n) is 12.5. The molecule has 1 aliphatic rings. The highest BCUT2D eigenvalue weighted by Crippen LogP contribution is 2.21. The Kier molecular flexibility index (Phi) is 5.06. The molecule has 0 radical (unpaired) electrons. The summed E-state index contributed by atoms with van der Waals surface area (Å²) in [6.45, 7) is 0. The molecule has 116 valence electrons. The van der Waals surface area contributed by atoms with Gasteiger partial charge in [-0.2, -0.15) is 0 Å². The number of hydrogen-bond donors (Lipinski definition) is 2. The second kappa shape index (κ2) is 7.40. The van der Waals surface area contributed by atoms with Crippen molar-refractivity contribution in [3.05, 3.63) is 41.4 Å². The Hall–Kier alpha value is -1.88. The van der Waals surface area contributed by atoms with E-state index in [1.165, 1.54) is 25.7 Å². The number of carbonyl (C=O) groups is 1. The topological polar surface area (TPSA) is 54.0 Å². The zero-order chi connectivity index (χ0) is 15.2. The number of aromatic nitrogens is 1. The molecule has 1 aromatic heterocycles. The minimum absolute atomic E-state index is 0.0229. The van der Waals surface area contributed by atoms with Crippen LogP contribution in [0.5, 0.6) is 0 Å². The van der Waals surface area contributed by atoms with E-state index < -0.39 is 0 Å². The largest absolute Gasteiger partial charge is 0.349 e. The number of thiazole rings is 1. The van der Waals surface area contributed by atoms with Gasteiger partial charge in [0.05, 0.1) is 0 Å². The lowest BCUT2D eigenvalue weighted by Crippen LogP contribution is -2.34. The number of nitrogens with zero attached hydrogens (tertiary/aromatic N) is 1. The van der Waals surface area contributed by atoms with Crippen molar-refractivity contribution in [2.75, 3.05) is 5.32 Å². The number of amides is 1. The number of nitrogens with one attached hydrogen (secondary N) is 2. The maximum atomic E-state index is 12.4. The van der Waals surface area contributed by atoms with Gasteiger partial charge in [-0.15, -0.1) is 11.3 Å². The highest BCUT2D eigenvalue weighted by atomic mass is 32.1. The van der Waals surface area contributed by atoms with E-state index in [0.717, 1.165) is 23.7 Å². The summed E-state index contributed by atoms with van der Waals surface area (Å²) in [7, 11) is 0. The van der Waals surface area contributed by atoms with Crippen LogP contribution in [0.15, 0.2) is 35.8 Å². The number of carbonyl (C=O) groups excluding carboxylic acids is 1. The lowest BCUT2D eigenvalue weighted by Gasteiger charge is -2.16. The van der Waals surface area contributed by atoms with Crippen LogP contribution in [0.25, 0.3) is 0 Å². The van der Waals surface area contributed by atoms with E-state index in [4.69, 9.17) is 0 Å². The molecule has 0 saturated heterocycles. The Balaban J connectivity index is 1.64. The van der Waals surface area contributed by atoms with Gasteiger partial charge in [0.15, 0.2) is 5.13 Å². The molecule has 2 N–H and O–H groups in total. The van der Waals surface area contributed by atoms with E-state index in [0.29, 0.717) is 11.6 Å². The lowest BCUT2D eigenvalue weighted by atomic mass is 10.1. The molecule has 1 amide bonds. The van der Waals surface area contributed by atoms with Crippen LogP contribution >= 0.6 is 11.3 Å². The first-order valence-corrected chi connectivity index (χ1v) is 8.77. The second-order valence-electron chi connectivity index (χ2n) is 5.71. The van der Waals surface area contributed by atoms with Gasteiger partial charge in [-0.05, 0) is 31.0 Å². The average Bonchev–Trinajstić information content (AvgIpc) is 2.90. The standard InChI is InChI=1S/C17H21N3OS/c21-16(19-14-7-3-1-2-4-8-14)13-6-5-9-15(12-13)20-17-18-10-11-22-17/h5-6,9-12,14H,1-4,7-8H2,(H,18,20)(H,19,21). The molecule has 0 atom stereocenters. The first kappa shape index (κ1) is 15.0. The van der Waals surface area contributed by atoms with Crippen LogP contribution in [-0.2, 0) is 0 Å². The van der Waals surface area contributed by atoms with E-state index in [-0.39, 0.29) is 5.91 Å². The molecule has 1 aliphatic carbocycles. The quantitative estimate of drug-likeness (QED) is 0.825. The lowest BCUT2D eigenvalue weighted by molar-refractivity contribution is 0.0933. The Morgan fingerprint density at radius 1 is 1.18 bits per heavy atom. The molecule has 3 rings (SSSR count). The Morgan fingerprint density at radius 2 is 2.00 bits per heavy atom. The zero-order valence-corrected chi connectivity index (χ0v) is 13.4. The summed E-state index contributed by atoms with van der Waals surface area (Å²) >= 11 is 1.54. The Labute approximate surface area is 135 Å². The fourth-order valence-corrected chi connectivity index (χ4v) is 3.39. The number of hydrogen-bond acceptors (Lipinski definition) is 4. The minimum atomic E-state index is 0.0229. The summed E-state index contributed by atoms with van der Waals surface area (Å²) in [6, 6.07) is 7.92. The summed E-state index contributed by atoms with van der Waals surface area (Å²) in [5.41, 5.74) is 1.59. The van der Waals surface area contributed by atoms with Gasteiger partial charge in [0.25, 0.3) is 5.91 Å². The van der Waals surface area contributed by atoms with E-state index in [9.17, 15) is 4.79 Å². The van der Waals surface area contributed by atoms with Crippen molar-refractivity contribution in [3.63, 3.8) is 0 Å². The van der Waals surface area contributed by atoms with Crippen LogP contribution in [0.1, 0.15) is 48.9 Å². The number of rotatable bonds is 4. The van der Waals surface area contributed by atoms with Crippen LogP contribution in [0.3, 0.4) is 0 Å². The second-order valence-corrected chi connectivity index (χ2v) is 6.60. The highest BCUT2D eigenvalue weighted by Gasteiger charge is 2.15. The fourth-order valence-electron chi connectivity index (χ4n) is 2.84. The molecular weight excluding hydrogens is 294 g/mol. The smallest absolute Gasteiger partial charge is 0.251 e. The predicted molar refractivity (Wildman–Crippen MR) is 90.8 cm³/mol. The minimum Gasteiger partial charge on any atom is -0.349 e. The molecule has 0 aliphatic heterocycles. The van der Waals surface area contributed by atoms with Gasteiger partial charge in [-0.25, -0.2) is 4.98 Å². The molecule has 1 saturated carbocycles. The third kappa shape index (κ3) is 4.07. The molecule has 0 spiro atoms. The van der Waals surface area contributed by atoms with Crippen molar-refractivity contribution in [1.29, 1.82) is 0 Å². The number of benzene rings is 1. The van der Waals surface area contributed by atoms with Gasteiger partial charge in [0.2, 0.25) is 0 Å². The van der Waals surface area contributed by atoms with Crippen LogP contribution in [-0.4, -0.2) is 16.9 Å². The van der Waals surface area contributed by atoms with Crippen molar-refractivity contribution in [2.24, 2.45) is 0 Å². The fraction of sp³-hybridized carbons (Fsp3) is 0.412. The van der Waals surface area contributed by atoms with Crippen LogP contribution < -0.4 is 10.6 Å². The van der Waals surface area contributed by atoms with Crippen molar-refractivity contribution in [1.82, 2.24) is 10.3 Å². The van der Waals surface area contributed by atoms with E-state index in [2.05, 4.69) is 15.6 Å². The third-order valence-corrected chi connectivity index (χ3v) is 4.69. The first-order valence-electron chi connectivity index (χ1n) is 7.89. The SMILES string of the molecule is O=C(NC1CCCCCC1)c1cccc(Nc2nccs2)c1. The van der Waals surface area contributed by atoms with E-state index >= 15 is 0 Å². The van der Waals surface area contributed by atoms with Crippen molar-refractivity contribution >= 4 is 28.1 Å². The summed E-state index contributed by atoms with van der Waals surface area (Å²) < 4.78 is 0. The van der Waals surface area contributed by atoms with Gasteiger partial charge >= 0.3 is 0 Å². The molecule has 0 bridgehead atoms. The molecule has 4 nitrogen and oxygen atoms in total. The summed E-state index contributed by atoms with van der Waals surface area (Å²) in [5, 5.41) is 9.16. The molecule has 22 heavy (non-hydrogen) atoms. The molecule has 5 heteroatoms. The van der Waals surface area contributed by atoms with Gasteiger partial charge in [0, 0.05) is 28.9 Å². The van der Waals surface area contributed by atoms with Gasteiger partial charge < -0.3 is 10.6 Å². The monoisotopic (exact) mass is 315 g/mol. The van der Waals surface area contributed by atoms with Gasteiger partial charge in [-0.1, -0.05) is 31.7 Å². The Bertz CT molecular complexity index is 604. The Morgan fingerprint density at radius 3 is 2.73 bits per heavy atom.